The summed E-state index contributed by atoms with van der Waals surface area (Å²) in [7, 11) is 0. The average molecular weight is 584 g/mol. The van der Waals surface area contributed by atoms with Crippen LogP contribution in [0, 0.1) is 0 Å². The predicted octanol–water partition coefficient (Wildman–Crippen LogP) is 9.91. The number of hydrogen-bond acceptors (Lipinski definition) is 6. The Morgan fingerprint density at radius 2 is 1.22 bits per heavy atom. The summed E-state index contributed by atoms with van der Waals surface area (Å²) >= 11 is 10.4. The maximum absolute atomic E-state index is 2.63. The van der Waals surface area contributed by atoms with Crippen LogP contribution in [-0.4, -0.2) is 29.9 Å². The summed E-state index contributed by atoms with van der Waals surface area (Å²) in [5.41, 5.74) is 0. The molecular weight excluding hydrogens is 551 g/mol. The summed E-state index contributed by atoms with van der Waals surface area (Å²) in [6.45, 7) is 7.14. The van der Waals surface area contributed by atoms with Crippen LogP contribution in [0.1, 0.15) is 59.3 Å². The minimum absolute atomic E-state index is 1.29. The third kappa shape index (κ3) is 6.31. The van der Waals surface area contributed by atoms with E-state index in [1.54, 1.807) is 30.3 Å². The molecule has 152 valence electrons. The van der Waals surface area contributed by atoms with Crippen LogP contribution in [0.5, 0.6) is 0 Å². The molecule has 0 spiro atoms. The topological polar surface area (TPSA) is 0 Å². The molecule has 0 aromatic heterocycles. The maximum atomic E-state index is 2.63. The molecule has 0 N–H and O–H groups in total. The molecule has 0 radical (unpaired) electrons. The zero-order chi connectivity index (χ0) is 19.1. The van der Waals surface area contributed by atoms with Crippen LogP contribution in [-0.2, 0) is 0 Å². The summed E-state index contributed by atoms with van der Waals surface area (Å²) in [5.74, 6) is 2.57. The fourth-order valence-corrected chi connectivity index (χ4v) is 33.4. The van der Waals surface area contributed by atoms with E-state index in [4.69, 9.17) is 0 Å². The zero-order valence-electron chi connectivity index (χ0n) is 16.8. The Balaban J connectivity index is 1.74. The third-order valence-electron chi connectivity index (χ3n) is 5.28. The molecule has 0 fully saturated rings. The van der Waals surface area contributed by atoms with E-state index in [2.05, 4.69) is 96.8 Å². The zero-order valence-corrected chi connectivity index (χ0v) is 24.6. The molecular formula is C20H32S6Sn. The molecule has 0 atom stereocenters. The second kappa shape index (κ2) is 12.2. The number of rotatable bonds is 10. The van der Waals surface area contributed by atoms with Crippen molar-refractivity contribution in [2.45, 2.75) is 72.6 Å². The first kappa shape index (κ1) is 23.8. The van der Waals surface area contributed by atoms with Crippen molar-refractivity contribution in [1.82, 2.24) is 0 Å². The molecule has 3 heterocycles. The third-order valence-corrected chi connectivity index (χ3v) is 32.8. The first-order valence-corrected chi connectivity index (χ1v) is 23.2. The average Bonchev–Trinajstić information content (AvgIpc) is 3.35. The van der Waals surface area contributed by atoms with Gasteiger partial charge >= 0.3 is 198 Å². The predicted molar refractivity (Wildman–Crippen MR) is 142 cm³/mol. The molecule has 0 bridgehead atoms. The summed E-state index contributed by atoms with van der Waals surface area (Å²) in [6, 6.07) is 0. The second-order valence-electron chi connectivity index (χ2n) is 7.34. The van der Waals surface area contributed by atoms with E-state index in [0.29, 0.717) is 0 Å². The van der Waals surface area contributed by atoms with Gasteiger partial charge < -0.3 is 0 Å². The van der Waals surface area contributed by atoms with Gasteiger partial charge in [0.2, 0.25) is 0 Å². The fraction of sp³-hybridized carbons (Fsp3) is 0.700. The van der Waals surface area contributed by atoms with E-state index in [1.807, 2.05) is 2.92 Å². The Morgan fingerprint density at radius 3 is 1.70 bits per heavy atom. The number of thioether (sulfide) groups is 6. The van der Waals surface area contributed by atoms with Gasteiger partial charge in [0, 0.05) is 0 Å². The molecule has 27 heavy (non-hydrogen) atoms. The van der Waals surface area contributed by atoms with Crippen LogP contribution in [0.4, 0.5) is 0 Å². The van der Waals surface area contributed by atoms with Crippen molar-refractivity contribution in [3.8, 4) is 0 Å². The van der Waals surface area contributed by atoms with Gasteiger partial charge in [0.05, 0.1) is 0 Å². The number of unbranched alkanes of at least 4 members (excludes halogenated alkanes) is 3. The van der Waals surface area contributed by atoms with Gasteiger partial charge in [-0.05, 0) is 0 Å². The van der Waals surface area contributed by atoms with E-state index in [9.17, 15) is 0 Å². The molecule has 3 aliphatic heterocycles. The second-order valence-corrected chi connectivity index (χ2v) is 28.7. The van der Waals surface area contributed by atoms with Crippen LogP contribution in [0.15, 0.2) is 25.3 Å². The SMILES string of the molecule is CCC[CH2][Sn]([CH2]CCC)([CH2]CCC)[C]1=CSC(=C2SC3=C(SCCS3)S2)S1. The van der Waals surface area contributed by atoms with E-state index in [-0.39, 0.29) is 0 Å². The summed E-state index contributed by atoms with van der Waals surface area (Å²) in [6.07, 6.45) is 8.49. The standard InChI is InChI=1S/C8H5S6.3C4H9.Sn/c1-2-10-5(9-1)8-13-6-7(14-8)12-4-3-11-6;3*1-3-4-2;/h1H,3-4H2;3*1,3-4H2,2H3;. The molecule has 0 aromatic rings. The van der Waals surface area contributed by atoms with Gasteiger partial charge in [-0.3, -0.25) is 0 Å². The van der Waals surface area contributed by atoms with Crippen molar-refractivity contribution >= 4 is 88.9 Å². The summed E-state index contributed by atoms with van der Waals surface area (Å²) in [4.78, 5) is 0. The van der Waals surface area contributed by atoms with Gasteiger partial charge in [-0.2, -0.15) is 0 Å². The van der Waals surface area contributed by atoms with Crippen molar-refractivity contribution in [2.75, 3.05) is 11.5 Å². The Labute approximate surface area is 196 Å². The molecule has 0 nitrogen and oxygen atoms in total. The Hall–Kier alpha value is 2.12. The Bertz CT molecular complexity index is 568. The van der Waals surface area contributed by atoms with E-state index in [0.717, 1.165) is 0 Å². The summed E-state index contributed by atoms with van der Waals surface area (Å²) in [5, 5.41) is 2.63. The number of hydrogen-bond donors (Lipinski definition) is 0. The van der Waals surface area contributed by atoms with E-state index in [1.165, 1.54) is 50.0 Å². The molecule has 3 aliphatic rings. The van der Waals surface area contributed by atoms with Crippen molar-refractivity contribution in [3.63, 3.8) is 0 Å². The molecule has 0 aromatic carbocycles. The monoisotopic (exact) mass is 584 g/mol. The van der Waals surface area contributed by atoms with Gasteiger partial charge in [0.1, 0.15) is 0 Å². The van der Waals surface area contributed by atoms with Gasteiger partial charge in [0.25, 0.3) is 0 Å². The van der Waals surface area contributed by atoms with Crippen LogP contribution >= 0.6 is 70.6 Å². The Morgan fingerprint density at radius 1 is 0.704 bits per heavy atom. The minimum atomic E-state index is -2.23. The molecule has 3 rings (SSSR count). The first-order valence-electron chi connectivity index (χ1n) is 10.4. The van der Waals surface area contributed by atoms with Gasteiger partial charge in [-0.25, -0.2) is 0 Å². The van der Waals surface area contributed by atoms with Crippen LogP contribution in [0.3, 0.4) is 0 Å². The van der Waals surface area contributed by atoms with Crippen molar-refractivity contribution in [1.29, 1.82) is 0 Å². The van der Waals surface area contributed by atoms with Crippen LogP contribution in [0.2, 0.25) is 13.3 Å². The van der Waals surface area contributed by atoms with Gasteiger partial charge in [0.15, 0.2) is 0 Å². The first-order chi connectivity index (χ1) is 13.2. The Kier molecular flexibility index (Phi) is 10.8. The summed E-state index contributed by atoms with van der Waals surface area (Å²) < 4.78 is 13.1. The normalized spacial score (nSPS) is 20.5. The van der Waals surface area contributed by atoms with Crippen LogP contribution in [0.25, 0.3) is 0 Å². The van der Waals surface area contributed by atoms with Crippen LogP contribution < -0.4 is 0 Å². The van der Waals surface area contributed by atoms with Gasteiger partial charge in [-0.15, -0.1) is 0 Å². The molecule has 7 heteroatoms. The van der Waals surface area contributed by atoms with Crippen molar-refractivity contribution in [2.24, 2.45) is 0 Å². The molecule has 0 amide bonds. The van der Waals surface area contributed by atoms with E-state index >= 15 is 0 Å². The molecule has 0 unspecified atom stereocenters. The molecule has 0 saturated carbocycles. The van der Waals surface area contributed by atoms with E-state index < -0.39 is 18.4 Å². The fourth-order valence-electron chi connectivity index (χ4n) is 3.67. The quantitative estimate of drug-likeness (QED) is 0.233. The molecule has 0 saturated heterocycles. The van der Waals surface area contributed by atoms with Crippen molar-refractivity contribution in [3.05, 3.63) is 25.3 Å². The molecule has 0 aliphatic carbocycles. The van der Waals surface area contributed by atoms with Gasteiger partial charge in [-0.1, -0.05) is 0 Å². The van der Waals surface area contributed by atoms with Crippen molar-refractivity contribution < 1.29 is 0 Å².